The summed E-state index contributed by atoms with van der Waals surface area (Å²) in [5, 5.41) is 4.54. The summed E-state index contributed by atoms with van der Waals surface area (Å²) in [6, 6.07) is 69.3. The van der Waals surface area contributed by atoms with Gasteiger partial charge in [-0.1, -0.05) is 91.0 Å². The van der Waals surface area contributed by atoms with E-state index in [4.69, 9.17) is 9.97 Å². The Balaban J connectivity index is 1.01. The van der Waals surface area contributed by atoms with Crippen molar-refractivity contribution in [2.75, 3.05) is 4.90 Å². The highest BCUT2D eigenvalue weighted by Crippen LogP contribution is 2.42. The van der Waals surface area contributed by atoms with Crippen molar-refractivity contribution < 1.29 is 0 Å². The first-order chi connectivity index (χ1) is 27.7. The zero-order chi connectivity index (χ0) is 37.0. The molecule has 0 spiro atoms. The highest BCUT2D eigenvalue weighted by Gasteiger charge is 2.18. The molecule has 11 aromatic rings. The van der Waals surface area contributed by atoms with Crippen LogP contribution >= 0.6 is 22.7 Å². The summed E-state index contributed by atoms with van der Waals surface area (Å²) < 4.78 is 4.79. The van der Waals surface area contributed by atoms with Gasteiger partial charge in [-0.05, 0) is 109 Å². The Bertz CT molecular complexity index is 2990. The molecule has 264 valence electrons. The molecule has 11 rings (SSSR count). The summed E-state index contributed by atoms with van der Waals surface area (Å²) >= 11 is 3.46. The molecule has 0 aliphatic carbocycles. The zero-order valence-corrected chi connectivity index (χ0v) is 31.7. The lowest BCUT2D eigenvalue weighted by Crippen LogP contribution is -2.09. The van der Waals surface area contributed by atoms with Gasteiger partial charge in [0, 0.05) is 50.2 Å². The Labute approximate surface area is 331 Å². The van der Waals surface area contributed by atoms with Gasteiger partial charge in [-0.15, -0.1) is 22.7 Å². The van der Waals surface area contributed by atoms with Crippen molar-refractivity contribution in [2.24, 2.45) is 0 Å². The lowest BCUT2D eigenvalue weighted by molar-refractivity contribution is 1.18. The third-order valence-electron chi connectivity index (χ3n) is 10.5. The van der Waals surface area contributed by atoms with E-state index in [1.54, 1.807) is 22.7 Å². The van der Waals surface area contributed by atoms with Crippen LogP contribution in [0.15, 0.2) is 194 Å². The fourth-order valence-corrected chi connectivity index (χ4v) is 9.77. The molecule has 0 atom stereocenters. The van der Waals surface area contributed by atoms with Crippen LogP contribution in [0.2, 0.25) is 0 Å². The van der Waals surface area contributed by atoms with Crippen LogP contribution in [0.25, 0.3) is 80.2 Å². The molecule has 8 aromatic carbocycles. The molecular formula is C50H32N4S2. The monoisotopic (exact) mass is 752 g/mol. The zero-order valence-electron chi connectivity index (χ0n) is 30.1. The molecule has 0 saturated carbocycles. The van der Waals surface area contributed by atoms with Crippen LogP contribution in [0.5, 0.6) is 0 Å². The quantitative estimate of drug-likeness (QED) is 0.163. The maximum absolute atomic E-state index is 4.93. The number of hydrogen-bond acceptors (Lipinski definition) is 5. The van der Waals surface area contributed by atoms with Gasteiger partial charge >= 0.3 is 0 Å². The maximum Gasteiger partial charge on any atom is 0.124 e. The molecular weight excluding hydrogens is 721 g/mol. The molecule has 3 heterocycles. The summed E-state index contributed by atoms with van der Waals surface area (Å²) in [6.45, 7) is 0. The SMILES string of the molecule is c1ccc(-n2c3ccccc3c3cccc(-c4ccc(N(c5ccc(-c6nc7ccccc7s6)cc5)c5ccc(-c6nc7ccccc7s6)cc5)cc4)c32)cc1. The predicted molar refractivity (Wildman–Crippen MR) is 238 cm³/mol. The average molecular weight is 753 g/mol. The molecule has 3 aromatic heterocycles. The number of anilines is 3. The lowest BCUT2D eigenvalue weighted by atomic mass is 10.0. The molecule has 0 amide bonds. The van der Waals surface area contributed by atoms with Gasteiger partial charge in [0.1, 0.15) is 10.0 Å². The van der Waals surface area contributed by atoms with E-state index in [9.17, 15) is 0 Å². The van der Waals surface area contributed by atoms with E-state index in [0.29, 0.717) is 0 Å². The van der Waals surface area contributed by atoms with Crippen LogP contribution in [0.3, 0.4) is 0 Å². The normalized spacial score (nSPS) is 11.6. The fraction of sp³-hybridized carbons (Fsp3) is 0. The minimum atomic E-state index is 1.02. The Kier molecular flexibility index (Phi) is 7.83. The summed E-state index contributed by atoms with van der Waals surface area (Å²) in [6.07, 6.45) is 0. The predicted octanol–water partition coefficient (Wildman–Crippen LogP) is 14.5. The highest BCUT2D eigenvalue weighted by molar-refractivity contribution is 7.22. The Morgan fingerprint density at radius 1 is 0.393 bits per heavy atom. The third-order valence-corrected chi connectivity index (χ3v) is 12.6. The minimum Gasteiger partial charge on any atom is -0.311 e. The smallest absolute Gasteiger partial charge is 0.124 e. The van der Waals surface area contributed by atoms with Crippen molar-refractivity contribution in [3.63, 3.8) is 0 Å². The first-order valence-corrected chi connectivity index (χ1v) is 20.3. The number of hydrogen-bond donors (Lipinski definition) is 0. The van der Waals surface area contributed by atoms with Crippen molar-refractivity contribution >= 4 is 82.0 Å². The molecule has 56 heavy (non-hydrogen) atoms. The van der Waals surface area contributed by atoms with E-state index < -0.39 is 0 Å². The number of thiazole rings is 2. The van der Waals surface area contributed by atoms with Crippen LogP contribution in [-0.4, -0.2) is 14.5 Å². The Morgan fingerprint density at radius 3 is 1.45 bits per heavy atom. The van der Waals surface area contributed by atoms with E-state index in [2.05, 4.69) is 191 Å². The van der Waals surface area contributed by atoms with Crippen molar-refractivity contribution in [1.29, 1.82) is 0 Å². The number of benzene rings is 8. The van der Waals surface area contributed by atoms with E-state index in [-0.39, 0.29) is 0 Å². The average Bonchev–Trinajstić information content (AvgIpc) is 3.99. The second-order valence-electron chi connectivity index (χ2n) is 13.8. The van der Waals surface area contributed by atoms with Gasteiger partial charge in [0.05, 0.1) is 31.5 Å². The third kappa shape index (κ3) is 5.58. The topological polar surface area (TPSA) is 34.0 Å². The van der Waals surface area contributed by atoms with Gasteiger partial charge in [0.25, 0.3) is 0 Å². The van der Waals surface area contributed by atoms with E-state index >= 15 is 0 Å². The molecule has 0 bridgehead atoms. The van der Waals surface area contributed by atoms with Crippen molar-refractivity contribution in [3.8, 4) is 38.0 Å². The van der Waals surface area contributed by atoms with Crippen LogP contribution in [0, 0.1) is 0 Å². The maximum atomic E-state index is 4.93. The largest absolute Gasteiger partial charge is 0.311 e. The molecule has 6 heteroatoms. The van der Waals surface area contributed by atoms with Crippen LogP contribution < -0.4 is 4.90 Å². The van der Waals surface area contributed by atoms with E-state index in [0.717, 1.165) is 60.5 Å². The standard InChI is InChI=1S/C50H32N4S2/c1-2-11-36(12-3-1)54-45-18-7-4-13-41(45)42-15-10-14-40(48(42)54)33-21-27-37(28-22-33)53(38-29-23-34(24-30-38)49-51-43-16-5-8-19-46(43)55-49)39-31-25-35(26-32-39)50-52-44-17-6-9-20-47(44)56-50/h1-32H. The Morgan fingerprint density at radius 2 is 0.875 bits per heavy atom. The summed E-state index contributed by atoms with van der Waals surface area (Å²) in [5.41, 5.74) is 13.4. The molecule has 0 radical (unpaired) electrons. The number of rotatable bonds is 7. The van der Waals surface area contributed by atoms with Crippen molar-refractivity contribution in [1.82, 2.24) is 14.5 Å². The fourth-order valence-electron chi connectivity index (χ4n) is 7.83. The van der Waals surface area contributed by atoms with E-state index in [1.165, 1.54) is 36.8 Å². The van der Waals surface area contributed by atoms with Crippen LogP contribution in [-0.2, 0) is 0 Å². The van der Waals surface area contributed by atoms with Crippen LogP contribution in [0.1, 0.15) is 0 Å². The van der Waals surface area contributed by atoms with Crippen LogP contribution in [0.4, 0.5) is 17.1 Å². The second kappa shape index (κ2) is 13.5. The molecule has 0 fully saturated rings. The summed E-state index contributed by atoms with van der Waals surface area (Å²) in [4.78, 5) is 12.2. The molecule has 4 nitrogen and oxygen atoms in total. The molecule has 0 aliphatic heterocycles. The number of para-hydroxylation sites is 5. The molecule has 0 aliphatic rings. The second-order valence-corrected chi connectivity index (χ2v) is 15.9. The summed E-state index contributed by atoms with van der Waals surface area (Å²) in [5.74, 6) is 0. The number of nitrogens with zero attached hydrogens (tertiary/aromatic N) is 4. The first kappa shape index (κ1) is 32.6. The summed E-state index contributed by atoms with van der Waals surface area (Å²) in [7, 11) is 0. The minimum absolute atomic E-state index is 1.02. The number of fused-ring (bicyclic) bond motifs is 5. The van der Waals surface area contributed by atoms with Gasteiger partial charge in [-0.25, -0.2) is 9.97 Å². The van der Waals surface area contributed by atoms with Gasteiger partial charge in [0.15, 0.2) is 0 Å². The van der Waals surface area contributed by atoms with Gasteiger partial charge in [-0.3, -0.25) is 0 Å². The Hall–Kier alpha value is -6.86. The molecule has 0 saturated heterocycles. The van der Waals surface area contributed by atoms with Gasteiger partial charge in [0.2, 0.25) is 0 Å². The first-order valence-electron chi connectivity index (χ1n) is 18.7. The molecule has 0 unspecified atom stereocenters. The molecule has 0 N–H and O–H groups in total. The number of aromatic nitrogens is 3. The van der Waals surface area contributed by atoms with E-state index in [1.807, 2.05) is 12.1 Å². The lowest BCUT2D eigenvalue weighted by Gasteiger charge is -2.26. The van der Waals surface area contributed by atoms with Gasteiger partial charge < -0.3 is 9.47 Å². The highest BCUT2D eigenvalue weighted by atomic mass is 32.1. The van der Waals surface area contributed by atoms with Gasteiger partial charge in [-0.2, -0.15) is 0 Å². The van der Waals surface area contributed by atoms with Crippen molar-refractivity contribution in [3.05, 3.63) is 194 Å². The van der Waals surface area contributed by atoms with Crippen molar-refractivity contribution in [2.45, 2.75) is 0 Å².